The monoisotopic (exact) mass is 517 g/mol. The van der Waals surface area contributed by atoms with Crippen molar-refractivity contribution < 1.29 is 23.4 Å². The fraction of sp³-hybridized carbons (Fsp3) is 0.400. The molecule has 38 heavy (non-hydrogen) atoms. The number of benzene rings is 2. The Kier molecular flexibility index (Phi) is 9.28. The van der Waals surface area contributed by atoms with Crippen LogP contribution in [0.2, 0.25) is 0 Å². The standard InChI is InChI=1S/C28H33N3O5.C2H2/c1-2-27(29)36-28(30)26-18-21-22(5-3-6-23(21)35-26)32-14-4-11-31-12-9-19(10-13-31)20-7-8-24-25(17-20)34-16-15-33-24;1-2/h3,5-8,17-19,29-30H,2,4,9-16H2,1H3;1-2H. The number of nitrogens with zero attached hydrogens (tertiary/aromatic N) is 1. The maximum absolute atomic E-state index is 8.04. The van der Waals surface area contributed by atoms with Gasteiger partial charge >= 0.3 is 0 Å². The molecule has 0 bridgehead atoms. The molecule has 200 valence electrons. The zero-order valence-electron chi connectivity index (χ0n) is 21.8. The third-order valence-electron chi connectivity index (χ3n) is 6.79. The van der Waals surface area contributed by atoms with Gasteiger partial charge in [0, 0.05) is 19.0 Å². The van der Waals surface area contributed by atoms with Crippen LogP contribution in [0.5, 0.6) is 17.2 Å². The first-order chi connectivity index (χ1) is 18.6. The van der Waals surface area contributed by atoms with Crippen molar-refractivity contribution in [2.24, 2.45) is 0 Å². The van der Waals surface area contributed by atoms with Crippen molar-refractivity contribution in [1.82, 2.24) is 4.90 Å². The van der Waals surface area contributed by atoms with Crippen LogP contribution < -0.4 is 14.2 Å². The average Bonchev–Trinajstić information content (AvgIpc) is 3.42. The molecular weight excluding hydrogens is 482 g/mol. The van der Waals surface area contributed by atoms with Crippen LogP contribution in [0.25, 0.3) is 11.0 Å². The van der Waals surface area contributed by atoms with E-state index in [2.05, 4.69) is 29.9 Å². The molecule has 0 amide bonds. The summed E-state index contributed by atoms with van der Waals surface area (Å²) in [6.45, 7) is 6.81. The number of likely N-dealkylation sites (tertiary alicyclic amines) is 1. The minimum absolute atomic E-state index is 0.0345. The summed E-state index contributed by atoms with van der Waals surface area (Å²) in [5, 5.41) is 16.5. The molecular formula is C30H35N3O5. The average molecular weight is 518 g/mol. The maximum atomic E-state index is 8.04. The van der Waals surface area contributed by atoms with E-state index in [9.17, 15) is 0 Å². The first-order valence-electron chi connectivity index (χ1n) is 13.1. The Balaban J connectivity index is 0.00000164. The lowest BCUT2D eigenvalue weighted by Gasteiger charge is -2.32. The van der Waals surface area contributed by atoms with Crippen LogP contribution in [0.3, 0.4) is 0 Å². The molecule has 3 heterocycles. The third-order valence-corrected chi connectivity index (χ3v) is 6.79. The van der Waals surface area contributed by atoms with Crippen LogP contribution in [-0.2, 0) is 4.74 Å². The van der Waals surface area contributed by atoms with Gasteiger partial charge in [0.1, 0.15) is 24.5 Å². The number of nitrogens with one attached hydrogen (secondary N) is 2. The highest BCUT2D eigenvalue weighted by atomic mass is 16.6. The Morgan fingerprint density at radius 1 is 1.03 bits per heavy atom. The van der Waals surface area contributed by atoms with E-state index in [-0.39, 0.29) is 11.8 Å². The molecule has 3 aromatic rings. The highest BCUT2D eigenvalue weighted by Crippen LogP contribution is 2.36. The molecule has 5 rings (SSSR count). The number of hydrogen-bond acceptors (Lipinski definition) is 8. The van der Waals surface area contributed by atoms with Gasteiger partial charge in [-0.2, -0.15) is 0 Å². The second kappa shape index (κ2) is 13.0. The highest BCUT2D eigenvalue weighted by Gasteiger charge is 2.22. The van der Waals surface area contributed by atoms with E-state index in [1.165, 1.54) is 5.56 Å². The molecule has 0 spiro atoms. The summed E-state index contributed by atoms with van der Waals surface area (Å²) in [4.78, 5) is 2.51. The second-order valence-corrected chi connectivity index (χ2v) is 9.21. The first-order valence-corrected chi connectivity index (χ1v) is 13.1. The molecule has 8 nitrogen and oxygen atoms in total. The molecule has 0 aliphatic carbocycles. The van der Waals surface area contributed by atoms with E-state index < -0.39 is 0 Å². The smallest absolute Gasteiger partial charge is 0.256 e. The summed E-state index contributed by atoms with van der Waals surface area (Å²) in [6.07, 6.45) is 11.6. The first kappa shape index (κ1) is 27.1. The van der Waals surface area contributed by atoms with E-state index in [4.69, 9.17) is 34.2 Å². The van der Waals surface area contributed by atoms with Gasteiger partial charge in [-0.25, -0.2) is 0 Å². The molecule has 1 aromatic heterocycles. The van der Waals surface area contributed by atoms with Crippen LogP contribution in [0.4, 0.5) is 0 Å². The lowest BCUT2D eigenvalue weighted by Crippen LogP contribution is -2.34. The van der Waals surface area contributed by atoms with Crippen molar-refractivity contribution in [3.63, 3.8) is 0 Å². The lowest BCUT2D eigenvalue weighted by atomic mass is 9.89. The normalized spacial score (nSPS) is 15.3. The van der Waals surface area contributed by atoms with E-state index in [1.54, 1.807) is 6.07 Å². The van der Waals surface area contributed by atoms with Crippen LogP contribution in [0, 0.1) is 23.7 Å². The van der Waals surface area contributed by atoms with Gasteiger partial charge in [0.15, 0.2) is 23.2 Å². The van der Waals surface area contributed by atoms with Gasteiger partial charge in [0.2, 0.25) is 0 Å². The van der Waals surface area contributed by atoms with Crippen molar-refractivity contribution >= 4 is 22.8 Å². The van der Waals surface area contributed by atoms with E-state index >= 15 is 0 Å². The zero-order valence-corrected chi connectivity index (χ0v) is 21.8. The molecule has 2 aliphatic rings. The molecule has 0 atom stereocenters. The largest absolute Gasteiger partial charge is 0.493 e. The number of piperidine rings is 1. The third kappa shape index (κ3) is 6.48. The van der Waals surface area contributed by atoms with Gasteiger partial charge in [-0.05, 0) is 68.1 Å². The summed E-state index contributed by atoms with van der Waals surface area (Å²) in [5.41, 5.74) is 1.99. The number of ether oxygens (including phenoxy) is 4. The van der Waals surface area contributed by atoms with Gasteiger partial charge in [-0.3, -0.25) is 10.8 Å². The van der Waals surface area contributed by atoms with E-state index in [0.29, 0.717) is 43.5 Å². The second-order valence-electron chi connectivity index (χ2n) is 9.21. The van der Waals surface area contributed by atoms with Gasteiger partial charge in [0.05, 0.1) is 12.0 Å². The molecule has 2 aliphatic heterocycles. The molecule has 0 saturated carbocycles. The maximum Gasteiger partial charge on any atom is 0.256 e. The number of fused-ring (bicyclic) bond motifs is 2. The van der Waals surface area contributed by atoms with Crippen LogP contribution >= 0.6 is 0 Å². The van der Waals surface area contributed by atoms with Crippen LogP contribution in [-0.4, -0.2) is 56.2 Å². The fourth-order valence-electron chi connectivity index (χ4n) is 4.79. The Bertz CT molecular complexity index is 1270. The summed E-state index contributed by atoms with van der Waals surface area (Å²) < 4.78 is 28.4. The van der Waals surface area contributed by atoms with Crippen LogP contribution in [0.1, 0.15) is 49.8 Å². The topological polar surface area (TPSA) is 101 Å². The van der Waals surface area contributed by atoms with Gasteiger partial charge in [-0.15, -0.1) is 12.8 Å². The Labute approximate surface area is 223 Å². The van der Waals surface area contributed by atoms with E-state index in [1.807, 2.05) is 31.2 Å². The number of hydrogen-bond donors (Lipinski definition) is 2. The van der Waals surface area contributed by atoms with E-state index in [0.717, 1.165) is 61.5 Å². The molecule has 2 aromatic carbocycles. The number of terminal acetylenes is 1. The quantitative estimate of drug-likeness (QED) is 0.169. The summed E-state index contributed by atoms with van der Waals surface area (Å²) in [7, 11) is 0. The van der Waals surface area contributed by atoms with Gasteiger partial charge < -0.3 is 28.3 Å². The molecule has 0 radical (unpaired) electrons. The Morgan fingerprint density at radius 3 is 2.55 bits per heavy atom. The molecule has 8 heteroatoms. The minimum atomic E-state index is -0.163. The molecule has 1 saturated heterocycles. The summed E-state index contributed by atoms with van der Waals surface area (Å²) in [6, 6.07) is 13.8. The predicted octanol–water partition coefficient (Wildman–Crippen LogP) is 5.83. The molecule has 1 fully saturated rings. The zero-order chi connectivity index (χ0) is 26.9. The molecule has 0 unspecified atom stereocenters. The molecule has 2 N–H and O–H groups in total. The fourth-order valence-corrected chi connectivity index (χ4v) is 4.79. The SMILES string of the molecule is C#C.CCC(=N)OC(=N)c1cc2c(OCCCN3CCC(c4ccc5c(c4)OCCO5)CC3)cccc2o1. The lowest BCUT2D eigenvalue weighted by molar-refractivity contribution is 0.170. The van der Waals surface area contributed by atoms with Crippen molar-refractivity contribution in [3.05, 3.63) is 53.8 Å². The van der Waals surface area contributed by atoms with Gasteiger partial charge in [-0.1, -0.05) is 19.1 Å². The Morgan fingerprint density at radius 2 is 1.79 bits per heavy atom. The van der Waals surface area contributed by atoms with Gasteiger partial charge in [0.25, 0.3) is 5.90 Å². The summed E-state index contributed by atoms with van der Waals surface area (Å²) in [5.74, 6) is 3.19. The van der Waals surface area contributed by atoms with Crippen LogP contribution in [0.15, 0.2) is 46.9 Å². The van der Waals surface area contributed by atoms with Crippen molar-refractivity contribution in [1.29, 1.82) is 10.8 Å². The number of furan rings is 1. The minimum Gasteiger partial charge on any atom is -0.493 e. The van der Waals surface area contributed by atoms with Crippen molar-refractivity contribution in [3.8, 4) is 30.1 Å². The predicted molar refractivity (Wildman–Crippen MR) is 148 cm³/mol. The number of rotatable bonds is 8. The summed E-state index contributed by atoms with van der Waals surface area (Å²) >= 11 is 0. The highest BCUT2D eigenvalue weighted by molar-refractivity contribution is 6.00. The van der Waals surface area contributed by atoms with Crippen molar-refractivity contribution in [2.45, 2.75) is 38.5 Å². The Hall–Kier alpha value is -3.96. The van der Waals surface area contributed by atoms with Crippen molar-refractivity contribution in [2.75, 3.05) is 39.5 Å².